The van der Waals surface area contributed by atoms with Crippen LogP contribution in [0.2, 0.25) is 5.02 Å². The Labute approximate surface area is 239 Å². The minimum atomic E-state index is -1.04. The SMILES string of the molecule is Cl.O=C(O)c1cc(Oc2ccc3c(c2)C[C@@H](NC[C@H](O)c2cccc(Cl)c2)CC3)cc(OC2CCOCC2)c1. The lowest BCUT2D eigenvalue weighted by atomic mass is 9.88. The maximum atomic E-state index is 11.7. The van der Waals surface area contributed by atoms with Gasteiger partial charge in [0.15, 0.2) is 0 Å². The fourth-order valence-electron chi connectivity index (χ4n) is 5.03. The summed E-state index contributed by atoms with van der Waals surface area (Å²) in [7, 11) is 0. The molecule has 1 heterocycles. The normalized spacial score (nSPS) is 17.9. The molecule has 3 aromatic rings. The molecule has 208 valence electrons. The van der Waals surface area contributed by atoms with E-state index in [1.807, 2.05) is 24.3 Å². The van der Waals surface area contributed by atoms with E-state index in [4.69, 9.17) is 25.8 Å². The highest BCUT2D eigenvalue weighted by Crippen LogP contribution is 2.32. The van der Waals surface area contributed by atoms with Crippen LogP contribution >= 0.6 is 24.0 Å². The summed E-state index contributed by atoms with van der Waals surface area (Å²) in [6.07, 6.45) is 3.60. The molecular weight excluding hydrogens is 541 g/mol. The van der Waals surface area contributed by atoms with E-state index in [1.54, 1.807) is 18.2 Å². The van der Waals surface area contributed by atoms with E-state index in [9.17, 15) is 15.0 Å². The lowest BCUT2D eigenvalue weighted by Crippen LogP contribution is -2.37. The summed E-state index contributed by atoms with van der Waals surface area (Å²) in [6.45, 7) is 1.71. The maximum absolute atomic E-state index is 11.7. The van der Waals surface area contributed by atoms with E-state index >= 15 is 0 Å². The lowest BCUT2D eigenvalue weighted by molar-refractivity contribution is 0.0254. The number of fused-ring (bicyclic) bond motifs is 1. The second-order valence-corrected chi connectivity index (χ2v) is 10.3. The van der Waals surface area contributed by atoms with Gasteiger partial charge < -0.3 is 29.7 Å². The molecule has 1 aliphatic carbocycles. The highest BCUT2D eigenvalue weighted by Gasteiger charge is 2.21. The monoisotopic (exact) mass is 573 g/mol. The highest BCUT2D eigenvalue weighted by molar-refractivity contribution is 6.30. The average molecular weight is 575 g/mol. The number of aromatic carboxylic acids is 1. The van der Waals surface area contributed by atoms with E-state index in [2.05, 4.69) is 11.4 Å². The number of carboxylic acid groups (broad SMARTS) is 1. The van der Waals surface area contributed by atoms with Crippen LogP contribution < -0.4 is 14.8 Å². The predicted octanol–water partition coefficient (Wildman–Crippen LogP) is 5.99. The van der Waals surface area contributed by atoms with Gasteiger partial charge in [0, 0.05) is 36.5 Å². The van der Waals surface area contributed by atoms with Crippen molar-refractivity contribution in [1.29, 1.82) is 0 Å². The molecule has 3 N–H and O–H groups in total. The van der Waals surface area contributed by atoms with Gasteiger partial charge in [0.2, 0.25) is 0 Å². The Bertz CT molecular complexity index is 1280. The molecule has 3 aromatic carbocycles. The van der Waals surface area contributed by atoms with Gasteiger partial charge in [-0.1, -0.05) is 29.8 Å². The summed E-state index contributed by atoms with van der Waals surface area (Å²) in [4.78, 5) is 11.7. The number of carbonyl (C=O) groups is 1. The summed E-state index contributed by atoms with van der Waals surface area (Å²) < 4.78 is 17.6. The van der Waals surface area contributed by atoms with Crippen molar-refractivity contribution < 1.29 is 29.2 Å². The Morgan fingerprint density at radius 1 is 1.00 bits per heavy atom. The van der Waals surface area contributed by atoms with Gasteiger partial charge in [-0.05, 0) is 72.4 Å². The number of carboxylic acids is 1. The van der Waals surface area contributed by atoms with Crippen LogP contribution in [0.25, 0.3) is 0 Å². The molecule has 0 radical (unpaired) electrons. The molecular formula is C30H33Cl2NO6. The second kappa shape index (κ2) is 13.5. The molecule has 1 saturated heterocycles. The third-order valence-electron chi connectivity index (χ3n) is 7.07. The van der Waals surface area contributed by atoms with E-state index in [0.29, 0.717) is 42.0 Å². The third kappa shape index (κ3) is 7.87. The minimum Gasteiger partial charge on any atom is -0.490 e. The molecule has 0 saturated carbocycles. The molecule has 1 aliphatic heterocycles. The molecule has 0 amide bonds. The Morgan fingerprint density at radius 2 is 1.79 bits per heavy atom. The first kappa shape index (κ1) is 29.2. The Kier molecular flexibility index (Phi) is 10.1. The van der Waals surface area contributed by atoms with Crippen molar-refractivity contribution in [2.24, 2.45) is 0 Å². The Morgan fingerprint density at radius 3 is 2.56 bits per heavy atom. The van der Waals surface area contributed by atoms with Crippen molar-refractivity contribution in [2.75, 3.05) is 19.8 Å². The second-order valence-electron chi connectivity index (χ2n) is 9.88. The molecule has 0 bridgehead atoms. The lowest BCUT2D eigenvalue weighted by Gasteiger charge is -2.27. The van der Waals surface area contributed by atoms with Crippen molar-refractivity contribution in [2.45, 2.75) is 50.4 Å². The molecule has 0 spiro atoms. The zero-order valence-electron chi connectivity index (χ0n) is 21.5. The van der Waals surface area contributed by atoms with Gasteiger partial charge in [0.1, 0.15) is 23.4 Å². The number of hydrogen-bond donors (Lipinski definition) is 3. The summed E-state index contributed by atoms with van der Waals surface area (Å²) in [6, 6.07) is 18.3. The summed E-state index contributed by atoms with van der Waals surface area (Å²) in [5.41, 5.74) is 3.36. The van der Waals surface area contributed by atoms with Crippen molar-refractivity contribution in [3.8, 4) is 17.2 Å². The standard InChI is InChI=1S/C30H32ClNO6.ClH/c31-23-3-1-2-20(12-23)29(33)18-32-24-6-4-19-5-7-26(14-21(19)13-24)38-28-16-22(30(34)35)15-27(17-28)37-25-8-10-36-11-9-25;/h1-3,5,7,12,14-17,24-25,29,32-33H,4,6,8-11,13,18H2,(H,34,35);1H/t24-,29-;/m0./s1. The van der Waals surface area contributed by atoms with Crippen molar-refractivity contribution in [1.82, 2.24) is 5.32 Å². The van der Waals surface area contributed by atoms with E-state index in [1.165, 1.54) is 23.3 Å². The van der Waals surface area contributed by atoms with Crippen LogP contribution in [-0.2, 0) is 17.6 Å². The van der Waals surface area contributed by atoms with Crippen LogP contribution in [0.1, 0.15) is 52.4 Å². The molecule has 5 rings (SSSR count). The number of halogens is 2. The molecule has 2 aliphatic rings. The van der Waals surface area contributed by atoms with Gasteiger partial charge in [-0.2, -0.15) is 0 Å². The predicted molar refractivity (Wildman–Crippen MR) is 152 cm³/mol. The first-order valence-electron chi connectivity index (χ1n) is 13.0. The van der Waals surface area contributed by atoms with Crippen LogP contribution in [0.15, 0.2) is 60.7 Å². The smallest absolute Gasteiger partial charge is 0.335 e. The number of aliphatic hydroxyl groups excluding tert-OH is 1. The Hall–Kier alpha value is -2.81. The van der Waals surface area contributed by atoms with Crippen LogP contribution in [0.3, 0.4) is 0 Å². The van der Waals surface area contributed by atoms with Crippen molar-refractivity contribution >= 4 is 30.0 Å². The summed E-state index contributed by atoms with van der Waals surface area (Å²) in [5.74, 6) is 0.504. The first-order valence-corrected chi connectivity index (χ1v) is 13.4. The van der Waals surface area contributed by atoms with Gasteiger partial charge >= 0.3 is 5.97 Å². The van der Waals surface area contributed by atoms with Crippen LogP contribution in [0.4, 0.5) is 0 Å². The van der Waals surface area contributed by atoms with Crippen LogP contribution in [0.5, 0.6) is 17.2 Å². The zero-order valence-corrected chi connectivity index (χ0v) is 23.0. The van der Waals surface area contributed by atoms with Gasteiger partial charge in [-0.25, -0.2) is 4.79 Å². The number of hydrogen-bond acceptors (Lipinski definition) is 6. The van der Waals surface area contributed by atoms with Crippen LogP contribution in [-0.4, -0.2) is 48.1 Å². The van der Waals surface area contributed by atoms with Gasteiger partial charge in [0.25, 0.3) is 0 Å². The largest absolute Gasteiger partial charge is 0.490 e. The van der Waals surface area contributed by atoms with Crippen molar-refractivity contribution in [3.63, 3.8) is 0 Å². The van der Waals surface area contributed by atoms with E-state index < -0.39 is 12.1 Å². The molecule has 39 heavy (non-hydrogen) atoms. The fraction of sp³-hybridized carbons (Fsp3) is 0.367. The quantitative estimate of drug-likeness (QED) is 0.289. The molecule has 0 unspecified atom stereocenters. The number of rotatable bonds is 9. The third-order valence-corrected chi connectivity index (χ3v) is 7.31. The van der Waals surface area contributed by atoms with Crippen LogP contribution in [0, 0.1) is 0 Å². The van der Waals surface area contributed by atoms with Gasteiger partial charge in [-0.3, -0.25) is 0 Å². The highest BCUT2D eigenvalue weighted by atomic mass is 35.5. The van der Waals surface area contributed by atoms with E-state index in [-0.39, 0.29) is 30.1 Å². The first-order chi connectivity index (χ1) is 18.4. The van der Waals surface area contributed by atoms with Crippen molar-refractivity contribution in [3.05, 3.63) is 87.9 Å². The molecule has 7 nitrogen and oxygen atoms in total. The molecule has 1 fully saturated rings. The number of nitrogens with one attached hydrogen (secondary N) is 1. The maximum Gasteiger partial charge on any atom is 0.335 e. The number of benzene rings is 3. The summed E-state index contributed by atoms with van der Waals surface area (Å²) in [5, 5.41) is 24.3. The van der Waals surface area contributed by atoms with E-state index in [0.717, 1.165) is 37.7 Å². The molecule has 9 heteroatoms. The number of aryl methyl sites for hydroxylation is 1. The number of aliphatic hydroxyl groups is 1. The van der Waals surface area contributed by atoms with Gasteiger partial charge in [0.05, 0.1) is 24.9 Å². The zero-order chi connectivity index (χ0) is 26.5. The number of ether oxygens (including phenoxy) is 3. The Balaban J connectivity index is 0.00000353. The van der Waals surface area contributed by atoms with Gasteiger partial charge in [-0.15, -0.1) is 12.4 Å². The average Bonchev–Trinajstić information content (AvgIpc) is 2.92. The molecule has 0 aromatic heterocycles. The summed E-state index contributed by atoms with van der Waals surface area (Å²) >= 11 is 6.06. The fourth-order valence-corrected chi connectivity index (χ4v) is 5.22. The molecule has 2 atom stereocenters. The minimum absolute atomic E-state index is 0. The topological polar surface area (TPSA) is 97.3 Å².